The van der Waals surface area contributed by atoms with Crippen LogP contribution in [-0.4, -0.2) is 33.9 Å². The van der Waals surface area contributed by atoms with Crippen LogP contribution in [0.5, 0.6) is 0 Å². The molecule has 2 fully saturated rings. The van der Waals surface area contributed by atoms with Crippen LogP contribution < -0.4 is 5.56 Å². The highest BCUT2D eigenvalue weighted by Gasteiger charge is 2.46. The number of hydrogen-bond acceptors (Lipinski definition) is 3. The first-order chi connectivity index (χ1) is 13.5. The second kappa shape index (κ2) is 6.26. The smallest absolute Gasteiger partial charge is 0.254 e. The van der Waals surface area contributed by atoms with Crippen molar-refractivity contribution in [2.75, 3.05) is 13.1 Å². The van der Waals surface area contributed by atoms with Crippen LogP contribution in [0.4, 0.5) is 4.39 Å². The minimum atomic E-state index is -0.329. The van der Waals surface area contributed by atoms with Crippen LogP contribution in [0, 0.1) is 12.7 Å². The summed E-state index contributed by atoms with van der Waals surface area (Å²) in [5.74, 6) is 0.823. The van der Waals surface area contributed by atoms with Gasteiger partial charge in [-0.15, -0.1) is 0 Å². The van der Waals surface area contributed by atoms with Gasteiger partial charge in [-0.05, 0) is 69.2 Å². The van der Waals surface area contributed by atoms with E-state index in [9.17, 15) is 14.0 Å². The van der Waals surface area contributed by atoms with E-state index in [1.54, 1.807) is 13.0 Å². The van der Waals surface area contributed by atoms with Gasteiger partial charge in [0.25, 0.3) is 11.5 Å². The van der Waals surface area contributed by atoms with Crippen molar-refractivity contribution in [1.29, 1.82) is 0 Å². The number of nitrogens with one attached hydrogen (secondary N) is 1. The van der Waals surface area contributed by atoms with Gasteiger partial charge in [-0.2, -0.15) is 0 Å². The van der Waals surface area contributed by atoms with E-state index in [0.717, 1.165) is 55.6 Å². The Kier molecular flexibility index (Phi) is 3.93. The molecule has 1 saturated heterocycles. The average Bonchev–Trinajstić information content (AvgIpc) is 3.46. The summed E-state index contributed by atoms with van der Waals surface area (Å²) in [7, 11) is 0. The van der Waals surface area contributed by atoms with Crippen LogP contribution in [0.25, 0.3) is 0 Å². The number of nitrogens with zero attached hydrogens (tertiary/aromatic N) is 2. The van der Waals surface area contributed by atoms with Crippen molar-refractivity contribution >= 4 is 5.91 Å². The summed E-state index contributed by atoms with van der Waals surface area (Å²) in [6, 6.07) is 4.32. The minimum absolute atomic E-state index is 0.00149. The lowest BCUT2D eigenvalue weighted by Gasteiger charge is -2.40. The Balaban J connectivity index is 1.48. The molecule has 3 aliphatic rings. The van der Waals surface area contributed by atoms with Gasteiger partial charge in [0.2, 0.25) is 0 Å². The van der Waals surface area contributed by atoms with E-state index in [1.807, 2.05) is 4.90 Å². The molecule has 0 radical (unpaired) electrons. The van der Waals surface area contributed by atoms with Crippen molar-refractivity contribution in [2.45, 2.75) is 56.8 Å². The van der Waals surface area contributed by atoms with Gasteiger partial charge in [-0.3, -0.25) is 9.59 Å². The normalized spacial score (nSPS) is 23.9. The van der Waals surface area contributed by atoms with E-state index < -0.39 is 0 Å². The number of benzene rings is 1. The largest absolute Gasteiger partial charge is 0.338 e. The third-order valence-electron chi connectivity index (χ3n) is 6.64. The maximum atomic E-state index is 13.4. The predicted octanol–water partition coefficient (Wildman–Crippen LogP) is 3.22. The Hall–Kier alpha value is -2.50. The van der Waals surface area contributed by atoms with E-state index in [0.29, 0.717) is 30.1 Å². The van der Waals surface area contributed by atoms with Crippen molar-refractivity contribution in [1.82, 2.24) is 14.9 Å². The van der Waals surface area contributed by atoms with Crippen molar-refractivity contribution in [3.8, 4) is 0 Å². The number of piperidine rings is 1. The van der Waals surface area contributed by atoms with Crippen molar-refractivity contribution in [3.05, 3.63) is 62.6 Å². The van der Waals surface area contributed by atoms with Gasteiger partial charge >= 0.3 is 0 Å². The molecule has 5 nitrogen and oxygen atoms in total. The number of carbonyl (C=O) groups is 1. The molecule has 1 amide bonds. The summed E-state index contributed by atoms with van der Waals surface area (Å²) in [5.41, 5.74) is 2.70. The van der Waals surface area contributed by atoms with Crippen molar-refractivity contribution in [3.63, 3.8) is 0 Å². The second-order valence-corrected chi connectivity index (χ2v) is 8.62. The number of carbonyl (C=O) groups excluding carboxylic acids is 1. The molecule has 1 spiro atoms. The molecule has 1 aromatic carbocycles. The first-order valence-corrected chi connectivity index (χ1v) is 10.2. The van der Waals surface area contributed by atoms with Crippen LogP contribution in [0.15, 0.2) is 23.0 Å². The molecular weight excluding hydrogens is 357 g/mol. The second-order valence-electron chi connectivity index (χ2n) is 8.62. The molecule has 6 heteroatoms. The zero-order valence-corrected chi connectivity index (χ0v) is 16.1. The molecule has 1 N–H and O–H groups in total. The highest BCUT2D eigenvalue weighted by Crippen LogP contribution is 2.45. The summed E-state index contributed by atoms with van der Waals surface area (Å²) in [4.78, 5) is 35.5. The summed E-state index contributed by atoms with van der Waals surface area (Å²) >= 11 is 0. The molecular formula is C22H24FN3O2. The maximum Gasteiger partial charge on any atom is 0.254 e. The number of amides is 1. The summed E-state index contributed by atoms with van der Waals surface area (Å²) in [5, 5.41) is 0. The molecule has 1 unspecified atom stereocenters. The quantitative estimate of drug-likeness (QED) is 0.869. The lowest BCUT2D eigenvalue weighted by Crippen LogP contribution is -2.48. The van der Waals surface area contributed by atoms with Crippen molar-refractivity contribution in [2.24, 2.45) is 0 Å². The molecule has 1 aliphatic heterocycles. The van der Waals surface area contributed by atoms with Gasteiger partial charge < -0.3 is 9.88 Å². The molecule has 1 saturated carbocycles. The van der Waals surface area contributed by atoms with Crippen LogP contribution in [0.2, 0.25) is 0 Å². The number of aromatic nitrogens is 2. The number of aromatic amines is 1. The molecule has 2 aliphatic carbocycles. The van der Waals surface area contributed by atoms with Gasteiger partial charge in [0.05, 0.1) is 5.69 Å². The van der Waals surface area contributed by atoms with E-state index in [1.165, 1.54) is 12.1 Å². The van der Waals surface area contributed by atoms with Crippen molar-refractivity contribution < 1.29 is 9.18 Å². The lowest BCUT2D eigenvalue weighted by molar-refractivity contribution is 0.0632. The fourth-order valence-electron chi connectivity index (χ4n) is 4.96. The number of aryl methyl sites for hydroxylation is 1. The Morgan fingerprint density at radius 2 is 2.14 bits per heavy atom. The monoisotopic (exact) mass is 381 g/mol. The third kappa shape index (κ3) is 2.77. The highest BCUT2D eigenvalue weighted by molar-refractivity contribution is 5.95. The van der Waals surface area contributed by atoms with Crippen LogP contribution in [0.3, 0.4) is 0 Å². The molecule has 1 aromatic heterocycles. The Morgan fingerprint density at radius 3 is 2.89 bits per heavy atom. The summed E-state index contributed by atoms with van der Waals surface area (Å²) in [6.07, 6.45) is 5.59. The van der Waals surface area contributed by atoms with Gasteiger partial charge in [-0.25, -0.2) is 9.37 Å². The van der Waals surface area contributed by atoms with Crippen LogP contribution >= 0.6 is 0 Å². The molecule has 0 bridgehead atoms. The van der Waals surface area contributed by atoms with E-state index in [-0.39, 0.29) is 22.7 Å². The van der Waals surface area contributed by atoms with Gasteiger partial charge in [0.1, 0.15) is 11.6 Å². The number of H-pyrrole nitrogens is 1. The standard InChI is InChI=1S/C22H24FN3O2/c1-13-11-15(23)5-6-16(13)21(28)26-10-2-8-22(12-26)9-7-17-18(22)24-19(14-3-4-14)25-20(17)27/h5-6,11,14H,2-4,7-10,12H2,1H3,(H,24,25,27). The summed E-state index contributed by atoms with van der Waals surface area (Å²) in [6.45, 7) is 3.03. The molecule has 28 heavy (non-hydrogen) atoms. The van der Waals surface area contributed by atoms with Gasteiger partial charge in [-0.1, -0.05) is 0 Å². The minimum Gasteiger partial charge on any atom is -0.338 e. The third-order valence-corrected chi connectivity index (χ3v) is 6.64. The van der Waals surface area contributed by atoms with E-state index >= 15 is 0 Å². The predicted molar refractivity (Wildman–Crippen MR) is 103 cm³/mol. The van der Waals surface area contributed by atoms with E-state index in [4.69, 9.17) is 4.98 Å². The number of likely N-dealkylation sites (tertiary alicyclic amines) is 1. The fraction of sp³-hybridized carbons (Fsp3) is 0.500. The Morgan fingerprint density at radius 1 is 1.32 bits per heavy atom. The zero-order chi connectivity index (χ0) is 19.5. The Labute approximate surface area is 163 Å². The topological polar surface area (TPSA) is 66.1 Å². The first-order valence-electron chi connectivity index (χ1n) is 10.2. The van der Waals surface area contributed by atoms with E-state index in [2.05, 4.69) is 4.98 Å². The number of hydrogen-bond donors (Lipinski definition) is 1. The number of rotatable bonds is 2. The number of fused-ring (bicyclic) bond motifs is 2. The summed E-state index contributed by atoms with van der Waals surface area (Å²) < 4.78 is 13.4. The fourth-order valence-corrected chi connectivity index (χ4v) is 4.96. The van der Waals surface area contributed by atoms with Gasteiger partial charge in [0, 0.05) is 35.5 Å². The SMILES string of the molecule is Cc1cc(F)ccc1C(=O)N1CCCC2(CCc3c2nc(C2CC2)[nH]c3=O)C1. The molecule has 1 atom stereocenters. The lowest BCUT2D eigenvalue weighted by atomic mass is 9.77. The maximum absolute atomic E-state index is 13.4. The average molecular weight is 381 g/mol. The zero-order valence-electron chi connectivity index (χ0n) is 16.1. The number of halogens is 1. The molecule has 2 heterocycles. The van der Waals surface area contributed by atoms with Crippen LogP contribution in [0.1, 0.15) is 71.0 Å². The molecule has 146 valence electrons. The first kappa shape index (κ1) is 17.6. The molecule has 2 aromatic rings. The van der Waals surface area contributed by atoms with Gasteiger partial charge in [0.15, 0.2) is 0 Å². The molecule has 5 rings (SSSR count). The van der Waals surface area contributed by atoms with Crippen LogP contribution in [-0.2, 0) is 11.8 Å². The highest BCUT2D eigenvalue weighted by atomic mass is 19.1. The Bertz CT molecular complexity index is 1030.